The lowest BCUT2D eigenvalue weighted by Crippen LogP contribution is -2.40. The Labute approximate surface area is 133 Å². The van der Waals surface area contributed by atoms with Crippen LogP contribution in [0.5, 0.6) is 0 Å². The lowest BCUT2D eigenvalue weighted by atomic mass is 10.0. The fourth-order valence-electron chi connectivity index (χ4n) is 1.86. The van der Waals surface area contributed by atoms with Gasteiger partial charge < -0.3 is 11.1 Å². The third kappa shape index (κ3) is 4.65. The summed E-state index contributed by atoms with van der Waals surface area (Å²) in [5.41, 5.74) is 8.41. The SMILES string of the molecule is Cc1nn(C(C)C)c(C)c1NC(=O)[C@@H](N)C(C)C.Cl.Cl. The predicted molar refractivity (Wildman–Crippen MR) is 88.0 cm³/mol. The van der Waals surface area contributed by atoms with Crippen LogP contribution in [-0.2, 0) is 4.79 Å². The van der Waals surface area contributed by atoms with E-state index in [1.807, 2.05) is 32.4 Å². The molecule has 3 N–H and O–H groups in total. The number of anilines is 1. The zero-order valence-corrected chi connectivity index (χ0v) is 14.6. The van der Waals surface area contributed by atoms with Gasteiger partial charge in [-0.2, -0.15) is 5.10 Å². The van der Waals surface area contributed by atoms with Crippen molar-refractivity contribution in [2.75, 3.05) is 5.32 Å². The second-order valence-electron chi connectivity index (χ2n) is 5.34. The van der Waals surface area contributed by atoms with E-state index in [1.165, 1.54) is 0 Å². The molecule has 1 aromatic heterocycles. The van der Waals surface area contributed by atoms with E-state index in [0.29, 0.717) is 0 Å². The van der Waals surface area contributed by atoms with Gasteiger partial charge in [-0.25, -0.2) is 0 Å². The number of hydrogen-bond donors (Lipinski definition) is 2. The number of aryl methyl sites for hydroxylation is 1. The van der Waals surface area contributed by atoms with Crippen LogP contribution in [0.2, 0.25) is 0 Å². The van der Waals surface area contributed by atoms with E-state index in [0.717, 1.165) is 17.1 Å². The normalized spacial score (nSPS) is 11.8. The van der Waals surface area contributed by atoms with Gasteiger partial charge in [0.2, 0.25) is 5.91 Å². The molecule has 0 aliphatic carbocycles. The van der Waals surface area contributed by atoms with Gasteiger partial charge in [0.1, 0.15) is 0 Å². The number of halogens is 2. The molecule has 1 amide bonds. The molecule has 0 aliphatic rings. The Morgan fingerprint density at radius 3 is 2.05 bits per heavy atom. The molecule has 0 spiro atoms. The Hall–Kier alpha value is -0.780. The first-order chi connectivity index (χ1) is 8.25. The molecule has 0 fully saturated rings. The van der Waals surface area contributed by atoms with E-state index in [2.05, 4.69) is 24.3 Å². The highest BCUT2D eigenvalue weighted by molar-refractivity contribution is 5.95. The van der Waals surface area contributed by atoms with Gasteiger partial charge in [0.25, 0.3) is 0 Å². The summed E-state index contributed by atoms with van der Waals surface area (Å²) < 4.78 is 1.91. The highest BCUT2D eigenvalue weighted by Gasteiger charge is 2.21. The number of rotatable bonds is 4. The first-order valence-electron chi connectivity index (χ1n) is 6.37. The summed E-state index contributed by atoms with van der Waals surface area (Å²) in [4.78, 5) is 12.0. The van der Waals surface area contributed by atoms with Crippen molar-refractivity contribution in [3.05, 3.63) is 11.4 Å². The summed E-state index contributed by atoms with van der Waals surface area (Å²) in [6.07, 6.45) is 0. The molecule has 5 nitrogen and oxygen atoms in total. The minimum absolute atomic E-state index is 0. The first kappa shape index (κ1) is 21.5. The number of carbonyl (C=O) groups excluding carboxylic acids is 1. The molecule has 0 saturated heterocycles. The number of nitrogens with zero attached hydrogens (tertiary/aromatic N) is 2. The van der Waals surface area contributed by atoms with Crippen molar-refractivity contribution in [2.24, 2.45) is 11.7 Å². The molecule has 0 aromatic carbocycles. The maximum atomic E-state index is 12.0. The maximum Gasteiger partial charge on any atom is 0.241 e. The quantitative estimate of drug-likeness (QED) is 0.894. The second-order valence-corrected chi connectivity index (χ2v) is 5.34. The van der Waals surface area contributed by atoms with E-state index in [4.69, 9.17) is 5.73 Å². The molecule has 1 aromatic rings. The topological polar surface area (TPSA) is 72.9 Å². The van der Waals surface area contributed by atoms with Gasteiger partial charge in [-0.05, 0) is 33.6 Å². The molecule has 0 unspecified atom stereocenters. The van der Waals surface area contributed by atoms with Crippen molar-refractivity contribution in [3.8, 4) is 0 Å². The summed E-state index contributed by atoms with van der Waals surface area (Å²) in [5.74, 6) is -0.0368. The zero-order valence-electron chi connectivity index (χ0n) is 12.9. The van der Waals surface area contributed by atoms with E-state index in [9.17, 15) is 4.79 Å². The molecule has 0 bridgehead atoms. The third-order valence-corrected chi connectivity index (χ3v) is 3.08. The van der Waals surface area contributed by atoms with Crippen LogP contribution in [0.25, 0.3) is 0 Å². The molecule has 20 heavy (non-hydrogen) atoms. The lowest BCUT2D eigenvalue weighted by Gasteiger charge is -2.15. The summed E-state index contributed by atoms with van der Waals surface area (Å²) in [7, 11) is 0. The molecule has 118 valence electrons. The van der Waals surface area contributed by atoms with Crippen LogP contribution in [0.15, 0.2) is 0 Å². The van der Waals surface area contributed by atoms with Gasteiger partial charge in [-0.1, -0.05) is 13.8 Å². The predicted octanol–water partition coefficient (Wildman–Crippen LogP) is 2.85. The first-order valence-corrected chi connectivity index (χ1v) is 6.37. The smallest absolute Gasteiger partial charge is 0.241 e. The highest BCUT2D eigenvalue weighted by atomic mass is 35.5. The summed E-state index contributed by atoms with van der Waals surface area (Å²) >= 11 is 0. The fourth-order valence-corrected chi connectivity index (χ4v) is 1.86. The van der Waals surface area contributed by atoms with E-state index >= 15 is 0 Å². The molecular weight excluding hydrogens is 299 g/mol. The minimum atomic E-state index is -0.494. The number of nitrogens with two attached hydrogens (primary N) is 1. The van der Waals surface area contributed by atoms with Gasteiger partial charge in [0.15, 0.2) is 0 Å². The van der Waals surface area contributed by atoms with Crippen LogP contribution < -0.4 is 11.1 Å². The van der Waals surface area contributed by atoms with E-state index < -0.39 is 6.04 Å². The van der Waals surface area contributed by atoms with E-state index in [-0.39, 0.29) is 42.7 Å². The molecule has 1 rings (SSSR count). The largest absolute Gasteiger partial charge is 0.322 e. The highest BCUT2D eigenvalue weighted by Crippen LogP contribution is 2.22. The summed E-state index contributed by atoms with van der Waals surface area (Å²) in [5, 5.41) is 7.32. The monoisotopic (exact) mass is 324 g/mol. The Bertz CT molecular complexity index is 444. The molecule has 0 saturated carbocycles. The van der Waals surface area contributed by atoms with Gasteiger partial charge in [0, 0.05) is 6.04 Å². The number of nitrogens with one attached hydrogen (secondary N) is 1. The maximum absolute atomic E-state index is 12.0. The van der Waals surface area contributed by atoms with Gasteiger partial charge >= 0.3 is 0 Å². The molecule has 0 radical (unpaired) electrons. The average molecular weight is 325 g/mol. The van der Waals surface area contributed by atoms with Gasteiger partial charge in [-0.3, -0.25) is 9.48 Å². The molecule has 0 aliphatic heterocycles. The van der Waals surface area contributed by atoms with Crippen LogP contribution in [0.3, 0.4) is 0 Å². The number of aromatic nitrogens is 2. The summed E-state index contributed by atoms with van der Waals surface area (Å²) in [6, 6.07) is -0.223. The van der Waals surface area contributed by atoms with Gasteiger partial charge in [-0.15, -0.1) is 24.8 Å². The number of amides is 1. The number of carbonyl (C=O) groups is 1. The summed E-state index contributed by atoms with van der Waals surface area (Å²) in [6.45, 7) is 11.8. The number of hydrogen-bond acceptors (Lipinski definition) is 3. The van der Waals surface area contributed by atoms with Gasteiger partial charge in [0.05, 0.1) is 23.1 Å². The average Bonchev–Trinajstić information content (AvgIpc) is 2.55. The van der Waals surface area contributed by atoms with Crippen LogP contribution in [0.4, 0.5) is 5.69 Å². The molecule has 7 heteroatoms. The Morgan fingerprint density at radius 2 is 1.70 bits per heavy atom. The Morgan fingerprint density at radius 1 is 1.20 bits per heavy atom. The zero-order chi connectivity index (χ0) is 14.0. The van der Waals surface area contributed by atoms with Crippen LogP contribution in [-0.4, -0.2) is 21.7 Å². The lowest BCUT2D eigenvalue weighted by molar-refractivity contribution is -0.118. The van der Waals surface area contributed by atoms with Crippen molar-refractivity contribution in [1.29, 1.82) is 0 Å². The Balaban J connectivity index is 0. The standard InChI is InChI=1S/C13H24N4O.2ClH/c1-7(2)11(14)13(18)15-12-9(5)16-17(8(3)4)10(12)6;;/h7-8,11H,14H2,1-6H3,(H,15,18);2*1H/t11-;;/m0../s1. The van der Waals surface area contributed by atoms with Crippen molar-refractivity contribution < 1.29 is 4.79 Å². The van der Waals surface area contributed by atoms with Crippen LogP contribution in [0, 0.1) is 19.8 Å². The Kier molecular flexibility index (Phi) is 9.14. The molecule has 1 atom stereocenters. The molecular formula is C13H26Cl2N4O. The third-order valence-electron chi connectivity index (χ3n) is 3.08. The fraction of sp³-hybridized carbons (Fsp3) is 0.692. The van der Waals surface area contributed by atoms with Crippen LogP contribution >= 0.6 is 24.8 Å². The minimum Gasteiger partial charge on any atom is -0.322 e. The van der Waals surface area contributed by atoms with Crippen molar-refractivity contribution >= 4 is 36.4 Å². The van der Waals surface area contributed by atoms with Crippen molar-refractivity contribution in [1.82, 2.24) is 9.78 Å². The van der Waals surface area contributed by atoms with Crippen molar-refractivity contribution in [3.63, 3.8) is 0 Å². The second kappa shape index (κ2) is 8.49. The van der Waals surface area contributed by atoms with Crippen molar-refractivity contribution in [2.45, 2.75) is 53.6 Å². The van der Waals surface area contributed by atoms with E-state index in [1.54, 1.807) is 0 Å². The molecule has 1 heterocycles. The van der Waals surface area contributed by atoms with Crippen LogP contribution in [0.1, 0.15) is 45.1 Å².